The fourth-order valence-electron chi connectivity index (χ4n) is 2.63. The van der Waals surface area contributed by atoms with Gasteiger partial charge in [-0.05, 0) is 17.5 Å². The van der Waals surface area contributed by atoms with Gasteiger partial charge in [-0.1, -0.05) is 29.4 Å². The van der Waals surface area contributed by atoms with Crippen LogP contribution in [-0.2, 0) is 17.5 Å². The van der Waals surface area contributed by atoms with Crippen molar-refractivity contribution in [2.75, 3.05) is 5.32 Å². The third-order valence-corrected chi connectivity index (χ3v) is 4.03. The maximum atomic E-state index is 12.5. The van der Waals surface area contributed by atoms with Crippen LogP contribution in [0.15, 0.2) is 59.5 Å². The fourth-order valence-corrected chi connectivity index (χ4v) is 2.63. The zero-order valence-electron chi connectivity index (χ0n) is 15.1. The van der Waals surface area contributed by atoms with Crippen molar-refractivity contribution in [2.24, 2.45) is 0 Å². The monoisotopic (exact) mass is 415 g/mol. The van der Waals surface area contributed by atoms with E-state index in [0.717, 1.165) is 16.3 Å². The molecule has 1 amide bonds. The summed E-state index contributed by atoms with van der Waals surface area (Å²) in [6.07, 6.45) is -0.949. The predicted molar refractivity (Wildman–Crippen MR) is 98.1 cm³/mol. The smallest absolute Gasteiger partial charge is 0.444 e. The second kappa shape index (κ2) is 7.78. The molecule has 152 valence electrons. The minimum atomic E-state index is -4.73. The van der Waals surface area contributed by atoms with Crippen molar-refractivity contribution in [3.8, 4) is 11.4 Å². The molecule has 8 nitrogen and oxygen atoms in total. The van der Waals surface area contributed by atoms with Crippen molar-refractivity contribution < 1.29 is 27.2 Å². The molecule has 1 aromatic carbocycles. The first-order valence-corrected chi connectivity index (χ1v) is 8.53. The topological polar surface area (TPSA) is 103 Å². The number of hydrogen-bond acceptors (Lipinski definition) is 7. The number of halogens is 3. The SMILES string of the molecule is O=C(Nc1ccc(-c2noc(C(F)(F)F)n2)cn1)OCc1cncc2ccccc12. The van der Waals surface area contributed by atoms with E-state index in [-0.39, 0.29) is 23.8 Å². The van der Waals surface area contributed by atoms with Gasteiger partial charge in [0.2, 0.25) is 5.82 Å². The van der Waals surface area contributed by atoms with Gasteiger partial charge in [0.1, 0.15) is 12.4 Å². The molecule has 3 aromatic heterocycles. The largest absolute Gasteiger partial charge is 0.471 e. The van der Waals surface area contributed by atoms with Gasteiger partial charge in [-0.15, -0.1) is 0 Å². The third kappa shape index (κ3) is 4.19. The first kappa shape index (κ1) is 19.3. The Kier molecular flexibility index (Phi) is 5.00. The van der Waals surface area contributed by atoms with Gasteiger partial charge in [-0.25, -0.2) is 9.78 Å². The van der Waals surface area contributed by atoms with Crippen LogP contribution in [0.1, 0.15) is 11.5 Å². The summed E-state index contributed by atoms with van der Waals surface area (Å²) < 4.78 is 47.0. The van der Waals surface area contributed by atoms with Crippen molar-refractivity contribution in [3.63, 3.8) is 0 Å². The van der Waals surface area contributed by atoms with Crippen LogP contribution in [0.25, 0.3) is 22.2 Å². The Labute approximate surface area is 166 Å². The molecule has 0 aliphatic carbocycles. The Bertz CT molecular complexity index is 1190. The van der Waals surface area contributed by atoms with Crippen LogP contribution < -0.4 is 5.32 Å². The minimum absolute atomic E-state index is 0.00134. The van der Waals surface area contributed by atoms with Crippen LogP contribution in [0.2, 0.25) is 0 Å². The molecule has 11 heteroatoms. The van der Waals surface area contributed by atoms with Crippen molar-refractivity contribution in [2.45, 2.75) is 12.8 Å². The van der Waals surface area contributed by atoms with Crippen LogP contribution in [-0.4, -0.2) is 26.2 Å². The normalized spacial score (nSPS) is 11.4. The number of rotatable bonds is 4. The summed E-state index contributed by atoms with van der Waals surface area (Å²) in [6.45, 7) is 0.00134. The average Bonchev–Trinajstić information content (AvgIpc) is 3.24. The van der Waals surface area contributed by atoms with Gasteiger partial charge >= 0.3 is 18.2 Å². The Morgan fingerprint density at radius 2 is 1.93 bits per heavy atom. The van der Waals surface area contributed by atoms with Gasteiger partial charge in [0.25, 0.3) is 0 Å². The summed E-state index contributed by atoms with van der Waals surface area (Å²) in [7, 11) is 0. The molecular weight excluding hydrogens is 403 g/mol. The van der Waals surface area contributed by atoms with Gasteiger partial charge in [0, 0.05) is 35.1 Å². The highest BCUT2D eigenvalue weighted by molar-refractivity contribution is 5.86. The van der Waals surface area contributed by atoms with E-state index in [2.05, 4.69) is 29.9 Å². The number of aromatic nitrogens is 4. The third-order valence-electron chi connectivity index (χ3n) is 4.03. The maximum Gasteiger partial charge on any atom is 0.471 e. The summed E-state index contributed by atoms with van der Waals surface area (Å²) in [5.41, 5.74) is 0.930. The van der Waals surface area contributed by atoms with Gasteiger partial charge in [-0.3, -0.25) is 10.3 Å². The van der Waals surface area contributed by atoms with E-state index in [1.165, 1.54) is 18.3 Å². The number of nitrogens with zero attached hydrogens (tertiary/aromatic N) is 4. The average molecular weight is 415 g/mol. The molecule has 4 aromatic rings. The number of fused-ring (bicyclic) bond motifs is 1. The number of carbonyl (C=O) groups excluding carboxylic acids is 1. The summed E-state index contributed by atoms with van der Waals surface area (Å²) in [5.74, 6) is -1.59. The lowest BCUT2D eigenvalue weighted by molar-refractivity contribution is -0.159. The van der Waals surface area contributed by atoms with Crippen LogP contribution in [0.4, 0.5) is 23.8 Å². The quantitative estimate of drug-likeness (QED) is 0.525. The van der Waals surface area contributed by atoms with Crippen molar-refractivity contribution >= 4 is 22.7 Å². The standard InChI is InChI=1S/C19H12F3N5O3/c20-19(21,22)17-26-16(27-30-17)12-5-6-15(24-9-12)25-18(28)29-10-13-8-23-7-11-3-1-2-4-14(11)13/h1-9H,10H2,(H,24,25,28). The van der Waals surface area contributed by atoms with Crippen molar-refractivity contribution in [1.29, 1.82) is 0 Å². The Hall–Kier alpha value is -4.02. The molecule has 4 rings (SSSR count). The van der Waals surface area contributed by atoms with Crippen molar-refractivity contribution in [3.05, 3.63) is 66.4 Å². The highest BCUT2D eigenvalue weighted by Crippen LogP contribution is 2.29. The van der Waals surface area contributed by atoms with Crippen LogP contribution in [0.3, 0.4) is 0 Å². The molecule has 1 N–H and O–H groups in total. The van der Waals surface area contributed by atoms with Gasteiger partial charge in [-0.2, -0.15) is 18.2 Å². The first-order valence-electron chi connectivity index (χ1n) is 8.53. The number of ether oxygens (including phenoxy) is 1. The van der Waals surface area contributed by atoms with Gasteiger partial charge in [0.15, 0.2) is 0 Å². The zero-order valence-corrected chi connectivity index (χ0v) is 15.1. The van der Waals surface area contributed by atoms with Crippen LogP contribution in [0, 0.1) is 0 Å². The molecule has 0 fully saturated rings. The van der Waals surface area contributed by atoms with E-state index in [1.807, 2.05) is 24.3 Å². The molecule has 0 saturated carbocycles. The molecule has 30 heavy (non-hydrogen) atoms. The molecule has 0 aliphatic heterocycles. The zero-order chi connectivity index (χ0) is 21.1. The van der Waals surface area contributed by atoms with Crippen LogP contribution in [0.5, 0.6) is 0 Å². The Morgan fingerprint density at radius 1 is 1.10 bits per heavy atom. The van der Waals surface area contributed by atoms with E-state index in [9.17, 15) is 18.0 Å². The van der Waals surface area contributed by atoms with E-state index in [0.29, 0.717) is 0 Å². The van der Waals surface area contributed by atoms with E-state index in [1.54, 1.807) is 12.4 Å². The molecule has 0 bridgehead atoms. The number of benzene rings is 1. The Balaban J connectivity index is 1.38. The first-order chi connectivity index (χ1) is 14.4. The number of anilines is 1. The predicted octanol–water partition coefficient (Wildman–Crippen LogP) is 4.45. The molecule has 0 atom stereocenters. The summed E-state index contributed by atoms with van der Waals surface area (Å²) in [4.78, 5) is 23.4. The number of amides is 1. The highest BCUT2D eigenvalue weighted by atomic mass is 19.4. The minimum Gasteiger partial charge on any atom is -0.444 e. The van der Waals surface area contributed by atoms with Gasteiger partial charge < -0.3 is 9.26 Å². The molecule has 0 saturated heterocycles. The van der Waals surface area contributed by atoms with Gasteiger partial charge in [0.05, 0.1) is 0 Å². The maximum absolute atomic E-state index is 12.5. The van der Waals surface area contributed by atoms with Crippen molar-refractivity contribution in [1.82, 2.24) is 20.1 Å². The lowest BCUT2D eigenvalue weighted by Gasteiger charge is -2.08. The molecule has 0 spiro atoms. The lowest BCUT2D eigenvalue weighted by Crippen LogP contribution is -2.14. The fraction of sp³-hybridized carbons (Fsp3) is 0.105. The molecule has 0 radical (unpaired) electrons. The highest BCUT2D eigenvalue weighted by Gasteiger charge is 2.38. The summed E-state index contributed by atoms with van der Waals surface area (Å²) in [5, 5.41) is 7.54. The second-order valence-corrected chi connectivity index (χ2v) is 6.07. The van der Waals surface area contributed by atoms with E-state index >= 15 is 0 Å². The Morgan fingerprint density at radius 3 is 2.67 bits per heavy atom. The number of carbonyl (C=O) groups is 1. The molecular formula is C19H12F3N5O3. The number of hydrogen-bond donors (Lipinski definition) is 1. The summed E-state index contributed by atoms with van der Waals surface area (Å²) in [6, 6.07) is 10.3. The number of alkyl halides is 3. The van der Waals surface area contributed by atoms with E-state index in [4.69, 9.17) is 4.74 Å². The molecule has 0 unspecified atom stereocenters. The molecule has 3 heterocycles. The lowest BCUT2D eigenvalue weighted by atomic mass is 10.1. The molecule has 0 aliphatic rings. The van der Waals surface area contributed by atoms with E-state index < -0.39 is 18.2 Å². The number of nitrogens with one attached hydrogen (secondary N) is 1. The summed E-state index contributed by atoms with van der Waals surface area (Å²) >= 11 is 0. The second-order valence-electron chi connectivity index (χ2n) is 6.07. The number of pyridine rings is 2. The van der Waals surface area contributed by atoms with Crippen LogP contribution >= 0.6 is 0 Å².